The fourth-order valence-electron chi connectivity index (χ4n) is 2.44. The van der Waals surface area contributed by atoms with Crippen LogP contribution in [0.2, 0.25) is 0 Å². The Labute approximate surface area is 121 Å². The standard InChI is InChI=1S/C14H15F3O3S/c15-14(16,17)11-6-4-10(5-7-11)9-12(18)13-3-1-2-8-21(13,19)20/h4-7,13H,1-3,8-9H2. The topological polar surface area (TPSA) is 51.2 Å². The fourth-order valence-corrected chi connectivity index (χ4v) is 4.34. The highest BCUT2D eigenvalue weighted by Crippen LogP contribution is 2.29. The molecule has 0 aliphatic carbocycles. The summed E-state index contributed by atoms with van der Waals surface area (Å²) < 4.78 is 60.9. The average molecular weight is 320 g/mol. The van der Waals surface area contributed by atoms with Gasteiger partial charge in [-0.2, -0.15) is 13.2 Å². The lowest BCUT2D eigenvalue weighted by molar-refractivity contribution is -0.137. The summed E-state index contributed by atoms with van der Waals surface area (Å²) in [4.78, 5) is 12.1. The van der Waals surface area contributed by atoms with Crippen molar-refractivity contribution in [2.24, 2.45) is 0 Å². The molecular formula is C14H15F3O3S. The van der Waals surface area contributed by atoms with E-state index in [9.17, 15) is 26.4 Å². The maximum atomic E-state index is 12.4. The molecule has 1 aromatic rings. The van der Waals surface area contributed by atoms with Crippen molar-refractivity contribution in [3.8, 4) is 0 Å². The molecule has 3 nitrogen and oxygen atoms in total. The lowest BCUT2D eigenvalue weighted by atomic mass is 10.0. The van der Waals surface area contributed by atoms with Crippen molar-refractivity contribution < 1.29 is 26.4 Å². The summed E-state index contributed by atoms with van der Waals surface area (Å²) in [6.07, 6.45) is -3.02. The van der Waals surface area contributed by atoms with Gasteiger partial charge in [-0.15, -0.1) is 0 Å². The molecule has 0 N–H and O–H groups in total. The lowest BCUT2D eigenvalue weighted by Gasteiger charge is -2.21. The van der Waals surface area contributed by atoms with E-state index >= 15 is 0 Å². The number of carbonyl (C=O) groups is 1. The normalized spacial score (nSPS) is 22.0. The van der Waals surface area contributed by atoms with Crippen LogP contribution >= 0.6 is 0 Å². The Morgan fingerprint density at radius 2 is 1.76 bits per heavy atom. The van der Waals surface area contributed by atoms with Crippen LogP contribution < -0.4 is 0 Å². The molecule has 7 heteroatoms. The van der Waals surface area contributed by atoms with Crippen molar-refractivity contribution in [3.63, 3.8) is 0 Å². The van der Waals surface area contributed by atoms with Crippen molar-refractivity contribution in [1.29, 1.82) is 0 Å². The molecule has 21 heavy (non-hydrogen) atoms. The number of hydrogen-bond acceptors (Lipinski definition) is 3. The zero-order valence-corrected chi connectivity index (χ0v) is 12.0. The maximum absolute atomic E-state index is 12.4. The lowest BCUT2D eigenvalue weighted by Crippen LogP contribution is -2.36. The highest BCUT2D eigenvalue weighted by Gasteiger charge is 2.34. The first-order chi connectivity index (χ1) is 9.70. The summed E-state index contributed by atoms with van der Waals surface area (Å²) in [5, 5.41) is -1.01. The van der Waals surface area contributed by atoms with E-state index in [-0.39, 0.29) is 12.2 Å². The predicted molar refractivity (Wildman–Crippen MR) is 71.6 cm³/mol. The predicted octanol–water partition coefficient (Wildman–Crippen LogP) is 2.78. The number of alkyl halides is 3. The van der Waals surface area contributed by atoms with Gasteiger partial charge >= 0.3 is 6.18 Å². The minimum Gasteiger partial charge on any atom is -0.298 e. The second-order valence-corrected chi connectivity index (χ2v) is 7.49. The highest BCUT2D eigenvalue weighted by atomic mass is 32.2. The van der Waals surface area contributed by atoms with E-state index in [4.69, 9.17) is 0 Å². The Hall–Kier alpha value is -1.37. The third-order valence-corrected chi connectivity index (χ3v) is 5.82. The van der Waals surface area contributed by atoms with Crippen LogP contribution in [0.5, 0.6) is 0 Å². The van der Waals surface area contributed by atoms with Gasteiger partial charge in [0.15, 0.2) is 15.6 Å². The molecule has 1 aliphatic rings. The summed E-state index contributed by atoms with van der Waals surface area (Å²) in [5.74, 6) is -0.425. The van der Waals surface area contributed by atoms with Crippen LogP contribution in [0.25, 0.3) is 0 Å². The van der Waals surface area contributed by atoms with Gasteiger partial charge in [0.1, 0.15) is 5.25 Å². The van der Waals surface area contributed by atoms with E-state index < -0.39 is 32.6 Å². The molecule has 0 spiro atoms. The number of hydrogen-bond donors (Lipinski definition) is 0. The number of Topliss-reactive ketones (excluding diaryl/α,β-unsaturated/α-hetero) is 1. The van der Waals surface area contributed by atoms with Crippen LogP contribution in [0.15, 0.2) is 24.3 Å². The third kappa shape index (κ3) is 3.84. The minimum atomic E-state index is -4.42. The molecule has 1 saturated heterocycles. The van der Waals surface area contributed by atoms with E-state index in [0.717, 1.165) is 12.1 Å². The van der Waals surface area contributed by atoms with Gasteiger partial charge in [0.2, 0.25) is 0 Å². The van der Waals surface area contributed by atoms with Crippen molar-refractivity contribution >= 4 is 15.6 Å². The average Bonchev–Trinajstić information content (AvgIpc) is 2.37. The molecule has 1 fully saturated rings. The van der Waals surface area contributed by atoms with Gasteiger partial charge in [-0.25, -0.2) is 8.42 Å². The zero-order chi connectivity index (χ0) is 15.7. The summed E-state index contributed by atoms with van der Waals surface area (Å²) in [6.45, 7) is 0. The first-order valence-corrected chi connectivity index (χ1v) is 8.32. The van der Waals surface area contributed by atoms with Gasteiger partial charge in [-0.3, -0.25) is 4.79 Å². The number of carbonyl (C=O) groups excluding carboxylic acids is 1. The number of ketones is 1. The Morgan fingerprint density at radius 3 is 2.29 bits per heavy atom. The molecule has 1 heterocycles. The molecule has 0 amide bonds. The first-order valence-electron chi connectivity index (χ1n) is 6.60. The molecule has 0 aromatic heterocycles. The molecule has 1 aromatic carbocycles. The van der Waals surface area contributed by atoms with Crippen molar-refractivity contribution in [3.05, 3.63) is 35.4 Å². The Morgan fingerprint density at radius 1 is 1.14 bits per heavy atom. The maximum Gasteiger partial charge on any atom is 0.416 e. The van der Waals surface area contributed by atoms with Crippen LogP contribution in [0, 0.1) is 0 Å². The first kappa shape index (κ1) is 16.0. The SMILES string of the molecule is O=C(Cc1ccc(C(F)(F)F)cc1)C1CCCCS1(=O)=O. The van der Waals surface area contributed by atoms with Gasteiger partial charge < -0.3 is 0 Å². The molecular weight excluding hydrogens is 305 g/mol. The third-order valence-electron chi connectivity index (χ3n) is 3.60. The Kier molecular flexibility index (Phi) is 4.41. The largest absolute Gasteiger partial charge is 0.416 e. The smallest absolute Gasteiger partial charge is 0.298 e. The molecule has 0 saturated carbocycles. The van der Waals surface area contributed by atoms with E-state index in [1.54, 1.807) is 0 Å². The second kappa shape index (κ2) is 5.79. The van der Waals surface area contributed by atoms with E-state index in [1.807, 2.05) is 0 Å². The Bertz CT molecular complexity index is 618. The minimum absolute atomic E-state index is 0.0103. The van der Waals surface area contributed by atoms with Crippen molar-refractivity contribution in [2.45, 2.75) is 37.1 Å². The molecule has 2 rings (SSSR count). The van der Waals surface area contributed by atoms with Crippen molar-refractivity contribution in [2.75, 3.05) is 5.75 Å². The van der Waals surface area contributed by atoms with Crippen LogP contribution in [0.4, 0.5) is 13.2 Å². The van der Waals surface area contributed by atoms with E-state index in [1.165, 1.54) is 12.1 Å². The van der Waals surface area contributed by atoms with Crippen LogP contribution in [0.1, 0.15) is 30.4 Å². The second-order valence-electron chi connectivity index (χ2n) is 5.19. The molecule has 1 aliphatic heterocycles. The van der Waals surface area contributed by atoms with Crippen molar-refractivity contribution in [1.82, 2.24) is 0 Å². The number of sulfone groups is 1. The molecule has 0 bridgehead atoms. The molecule has 1 atom stereocenters. The monoisotopic (exact) mass is 320 g/mol. The summed E-state index contributed by atoms with van der Waals surface area (Å²) in [5.41, 5.74) is -0.391. The molecule has 0 radical (unpaired) electrons. The number of halogens is 3. The summed E-state index contributed by atoms with van der Waals surface area (Å²) in [7, 11) is -3.40. The number of benzene rings is 1. The highest BCUT2D eigenvalue weighted by molar-refractivity contribution is 7.92. The fraction of sp³-hybridized carbons (Fsp3) is 0.500. The van der Waals surface area contributed by atoms with Gasteiger partial charge in [0.25, 0.3) is 0 Å². The number of rotatable bonds is 3. The molecule has 116 valence electrons. The van der Waals surface area contributed by atoms with Gasteiger partial charge in [-0.05, 0) is 30.5 Å². The van der Waals surface area contributed by atoms with Crippen LogP contribution in [-0.2, 0) is 27.2 Å². The summed E-state index contributed by atoms with van der Waals surface area (Å²) >= 11 is 0. The van der Waals surface area contributed by atoms with Gasteiger partial charge in [0, 0.05) is 6.42 Å². The van der Waals surface area contributed by atoms with Gasteiger partial charge in [-0.1, -0.05) is 18.6 Å². The summed E-state index contributed by atoms with van der Waals surface area (Å²) in [6, 6.07) is 4.24. The quantitative estimate of drug-likeness (QED) is 0.860. The van der Waals surface area contributed by atoms with Crippen LogP contribution in [-0.4, -0.2) is 25.2 Å². The van der Waals surface area contributed by atoms with E-state index in [0.29, 0.717) is 24.8 Å². The molecule has 1 unspecified atom stereocenters. The van der Waals surface area contributed by atoms with Gasteiger partial charge in [0.05, 0.1) is 11.3 Å². The van der Waals surface area contributed by atoms with E-state index in [2.05, 4.69) is 0 Å². The zero-order valence-electron chi connectivity index (χ0n) is 11.2. The Balaban J connectivity index is 2.09. The van der Waals surface area contributed by atoms with Crippen LogP contribution in [0.3, 0.4) is 0 Å².